The summed E-state index contributed by atoms with van der Waals surface area (Å²) in [5, 5.41) is 17.0. The summed E-state index contributed by atoms with van der Waals surface area (Å²) < 4.78 is 0. The number of β-amino-alcohol motifs (C(OH)–C–C–N with tert-alkyl or cyclic N) is 1. The molecule has 1 heterocycles. The molecule has 2 aliphatic rings. The number of nitrogens with one attached hydrogen (secondary N) is 2. The largest absolute Gasteiger partial charge is 0.397 e. The fourth-order valence-corrected chi connectivity index (χ4v) is 5.10. The summed E-state index contributed by atoms with van der Waals surface area (Å²) in [5.74, 6) is -0.576. The number of benzene rings is 2. The lowest BCUT2D eigenvalue weighted by Crippen LogP contribution is -2.38. The Balaban J connectivity index is 1.45. The van der Waals surface area contributed by atoms with Gasteiger partial charge in [-0.3, -0.25) is 14.5 Å². The third-order valence-electron chi connectivity index (χ3n) is 6.74. The van der Waals surface area contributed by atoms with Crippen LogP contribution in [-0.2, 0) is 9.59 Å². The molecule has 2 atom stereocenters. The second-order valence-corrected chi connectivity index (χ2v) is 11.1. The van der Waals surface area contributed by atoms with E-state index in [1.165, 1.54) is 6.08 Å². The molecule has 2 amide bonds. The summed E-state index contributed by atoms with van der Waals surface area (Å²) in [5.41, 5.74) is 8.89. The van der Waals surface area contributed by atoms with Crippen molar-refractivity contribution in [1.82, 2.24) is 10.2 Å². The van der Waals surface area contributed by atoms with Crippen LogP contribution in [-0.4, -0.2) is 47.1 Å². The molecule has 38 heavy (non-hydrogen) atoms. The number of carbonyl (C=O) groups excluding carboxylic acids is 2. The van der Waals surface area contributed by atoms with Gasteiger partial charge >= 0.3 is 0 Å². The number of aliphatic hydroxyl groups is 1. The van der Waals surface area contributed by atoms with Gasteiger partial charge in [0.05, 0.1) is 22.9 Å². The van der Waals surface area contributed by atoms with Crippen molar-refractivity contribution < 1.29 is 14.7 Å². The Morgan fingerprint density at radius 2 is 1.82 bits per heavy atom. The maximum Gasteiger partial charge on any atom is 0.248 e. The van der Waals surface area contributed by atoms with Gasteiger partial charge in [-0.05, 0) is 68.2 Å². The number of nitrogens with zero attached hydrogens (tertiary/aromatic N) is 1. The van der Waals surface area contributed by atoms with Crippen LogP contribution in [0.5, 0.6) is 0 Å². The van der Waals surface area contributed by atoms with Gasteiger partial charge in [0.1, 0.15) is 0 Å². The molecular weight excluding hydrogens is 500 g/mol. The Hall–Kier alpha value is -3.39. The number of rotatable bonds is 8. The predicted molar refractivity (Wildman–Crippen MR) is 153 cm³/mol. The Morgan fingerprint density at radius 3 is 2.47 bits per heavy atom. The molecular formula is C30H35ClN4O3. The molecule has 7 nitrogen and oxygen atoms in total. The first-order chi connectivity index (χ1) is 18.1. The van der Waals surface area contributed by atoms with Gasteiger partial charge < -0.3 is 21.5 Å². The number of nitrogens with two attached hydrogens (primary N) is 1. The summed E-state index contributed by atoms with van der Waals surface area (Å²) in [4.78, 5) is 27.8. The summed E-state index contributed by atoms with van der Waals surface area (Å²) in [6.07, 6.45) is 8.33. The minimum absolute atomic E-state index is 0.0215. The standard InChI is InChI=1S/C30H35ClN4O3/c1-30(2,38)19-35-17-24(25(18-35)29(37)33-23-14-12-22(31)13-15-23)21-10-7-20(8-11-21)9-16-28(36)34-27-6-4-3-5-26(27)32/h3-12,14,16,24-25,38H,13,15,17-19,32H2,1-2H3,(H,33,37)(H,34,36)/b16-9+/t24-,25?/m1/s1. The molecule has 0 radical (unpaired) electrons. The average molecular weight is 535 g/mol. The smallest absolute Gasteiger partial charge is 0.248 e. The predicted octanol–water partition coefficient (Wildman–Crippen LogP) is 4.62. The minimum Gasteiger partial charge on any atom is -0.397 e. The number of amides is 2. The summed E-state index contributed by atoms with van der Waals surface area (Å²) in [6.45, 7) is 5.28. The fourth-order valence-electron chi connectivity index (χ4n) is 4.94. The van der Waals surface area contributed by atoms with E-state index >= 15 is 0 Å². The Kier molecular flexibility index (Phi) is 8.72. The molecule has 0 bridgehead atoms. The third kappa shape index (κ3) is 7.57. The van der Waals surface area contributed by atoms with E-state index in [-0.39, 0.29) is 23.7 Å². The SMILES string of the molecule is CC(C)(O)CN1CC(C(=O)NC2=CC=C(Cl)CC2)[C@@H](c2ccc(/C=C/C(=O)Nc3ccccc3N)cc2)C1. The average Bonchev–Trinajstić information content (AvgIpc) is 3.28. The van der Waals surface area contributed by atoms with Crippen molar-refractivity contribution in [3.8, 4) is 0 Å². The van der Waals surface area contributed by atoms with E-state index in [9.17, 15) is 14.7 Å². The normalized spacial score (nSPS) is 20.2. The van der Waals surface area contributed by atoms with Gasteiger partial charge in [0.25, 0.3) is 0 Å². The van der Waals surface area contributed by atoms with Crippen molar-refractivity contribution in [3.05, 3.63) is 88.6 Å². The monoisotopic (exact) mass is 534 g/mol. The molecule has 1 unspecified atom stereocenters. The quantitative estimate of drug-likeness (QED) is 0.292. The van der Waals surface area contributed by atoms with Gasteiger partial charge in [-0.2, -0.15) is 0 Å². The zero-order chi connectivity index (χ0) is 27.3. The highest BCUT2D eigenvalue weighted by atomic mass is 35.5. The molecule has 0 spiro atoms. The third-order valence-corrected chi connectivity index (χ3v) is 7.05. The highest BCUT2D eigenvalue weighted by Crippen LogP contribution is 2.34. The number of hydrogen-bond donors (Lipinski definition) is 4. The number of carbonyl (C=O) groups is 2. The van der Waals surface area contributed by atoms with Gasteiger partial charge in [-0.25, -0.2) is 0 Å². The lowest BCUT2D eigenvalue weighted by Gasteiger charge is -2.25. The van der Waals surface area contributed by atoms with E-state index in [0.717, 1.165) is 28.3 Å². The maximum atomic E-state index is 13.3. The van der Waals surface area contributed by atoms with Crippen LogP contribution in [0.2, 0.25) is 0 Å². The van der Waals surface area contributed by atoms with Crippen LogP contribution in [0, 0.1) is 5.92 Å². The van der Waals surface area contributed by atoms with Gasteiger partial charge in [-0.1, -0.05) is 48.0 Å². The van der Waals surface area contributed by atoms with E-state index in [2.05, 4.69) is 15.5 Å². The van der Waals surface area contributed by atoms with E-state index in [0.29, 0.717) is 37.4 Å². The molecule has 4 rings (SSSR count). The molecule has 1 saturated heterocycles. The van der Waals surface area contributed by atoms with Crippen molar-refractivity contribution in [1.29, 1.82) is 0 Å². The van der Waals surface area contributed by atoms with Crippen molar-refractivity contribution in [2.24, 2.45) is 5.92 Å². The van der Waals surface area contributed by atoms with Crippen LogP contribution in [0.15, 0.2) is 77.5 Å². The van der Waals surface area contributed by atoms with E-state index in [1.807, 2.05) is 48.6 Å². The lowest BCUT2D eigenvalue weighted by atomic mass is 9.87. The summed E-state index contributed by atoms with van der Waals surface area (Å²) >= 11 is 6.07. The van der Waals surface area contributed by atoms with Crippen LogP contribution in [0.1, 0.15) is 43.7 Å². The molecule has 0 saturated carbocycles. The highest BCUT2D eigenvalue weighted by Gasteiger charge is 2.40. The molecule has 5 N–H and O–H groups in total. The van der Waals surface area contributed by atoms with Crippen LogP contribution >= 0.6 is 11.6 Å². The lowest BCUT2D eigenvalue weighted by molar-refractivity contribution is -0.124. The molecule has 1 fully saturated rings. The van der Waals surface area contributed by atoms with Crippen LogP contribution < -0.4 is 16.4 Å². The number of likely N-dealkylation sites (tertiary alicyclic amines) is 1. The number of hydrogen-bond acceptors (Lipinski definition) is 5. The fraction of sp³-hybridized carbons (Fsp3) is 0.333. The van der Waals surface area contributed by atoms with Crippen molar-refractivity contribution in [3.63, 3.8) is 0 Å². The van der Waals surface area contributed by atoms with Crippen molar-refractivity contribution in [2.75, 3.05) is 30.7 Å². The number of anilines is 2. The van der Waals surface area contributed by atoms with Crippen LogP contribution in [0.25, 0.3) is 6.08 Å². The zero-order valence-corrected chi connectivity index (χ0v) is 22.5. The number of allylic oxidation sites excluding steroid dienone is 4. The molecule has 2 aromatic carbocycles. The number of halogens is 1. The molecule has 2 aromatic rings. The molecule has 200 valence electrons. The Morgan fingerprint density at radius 1 is 1.08 bits per heavy atom. The topological polar surface area (TPSA) is 108 Å². The minimum atomic E-state index is -0.858. The summed E-state index contributed by atoms with van der Waals surface area (Å²) in [7, 11) is 0. The number of para-hydroxylation sites is 2. The first-order valence-electron chi connectivity index (χ1n) is 12.8. The van der Waals surface area contributed by atoms with Gasteiger partial charge in [0.2, 0.25) is 11.8 Å². The second kappa shape index (κ2) is 12.0. The molecule has 0 aromatic heterocycles. The van der Waals surface area contributed by atoms with E-state index in [4.69, 9.17) is 17.3 Å². The van der Waals surface area contributed by atoms with Crippen LogP contribution in [0.3, 0.4) is 0 Å². The van der Waals surface area contributed by atoms with Gasteiger partial charge in [-0.15, -0.1) is 0 Å². The van der Waals surface area contributed by atoms with E-state index in [1.54, 1.807) is 32.1 Å². The highest BCUT2D eigenvalue weighted by molar-refractivity contribution is 6.29. The maximum absolute atomic E-state index is 13.3. The Bertz CT molecular complexity index is 1260. The van der Waals surface area contributed by atoms with E-state index < -0.39 is 5.60 Å². The Labute approximate surface area is 229 Å². The molecule has 1 aliphatic carbocycles. The molecule has 1 aliphatic heterocycles. The van der Waals surface area contributed by atoms with Crippen molar-refractivity contribution in [2.45, 2.75) is 38.2 Å². The first kappa shape index (κ1) is 27.6. The molecule has 8 heteroatoms. The van der Waals surface area contributed by atoms with Gasteiger partial charge in [0.15, 0.2) is 0 Å². The zero-order valence-electron chi connectivity index (χ0n) is 21.8. The second-order valence-electron chi connectivity index (χ2n) is 10.6. The first-order valence-corrected chi connectivity index (χ1v) is 13.2. The van der Waals surface area contributed by atoms with Crippen LogP contribution in [0.4, 0.5) is 11.4 Å². The van der Waals surface area contributed by atoms with Crippen molar-refractivity contribution >= 4 is 40.9 Å². The summed E-state index contributed by atoms with van der Waals surface area (Å²) in [6, 6.07) is 15.0. The number of nitrogen functional groups attached to an aromatic ring is 1. The van der Waals surface area contributed by atoms with Gasteiger partial charge in [0, 0.05) is 42.4 Å².